The van der Waals surface area contributed by atoms with Crippen LogP contribution in [0, 0.1) is 3.57 Å². The number of ether oxygens (including phenoxy) is 1. The summed E-state index contributed by atoms with van der Waals surface area (Å²) < 4.78 is 43.0. The van der Waals surface area contributed by atoms with Crippen molar-refractivity contribution in [3.05, 3.63) is 45.6 Å². The zero-order valence-corrected chi connectivity index (χ0v) is 15.8. The lowest BCUT2D eigenvalue weighted by atomic mass is 10.1. The first-order valence-corrected chi connectivity index (χ1v) is 9.10. The summed E-state index contributed by atoms with van der Waals surface area (Å²) in [6.45, 7) is 2.08. The van der Waals surface area contributed by atoms with Crippen LogP contribution in [0.4, 0.5) is 13.2 Å². The van der Waals surface area contributed by atoms with E-state index in [0.29, 0.717) is 12.0 Å². The van der Waals surface area contributed by atoms with Gasteiger partial charge in [0.1, 0.15) is 6.10 Å². The molecule has 0 spiro atoms. The highest BCUT2D eigenvalue weighted by atomic mass is 127. The van der Waals surface area contributed by atoms with Gasteiger partial charge in [0, 0.05) is 3.57 Å². The van der Waals surface area contributed by atoms with Crippen molar-refractivity contribution >= 4 is 28.6 Å². The summed E-state index contributed by atoms with van der Waals surface area (Å²) in [6.07, 6.45) is 0.938. The van der Waals surface area contributed by atoms with E-state index in [2.05, 4.69) is 6.92 Å². The highest BCUT2D eigenvalue weighted by Crippen LogP contribution is 2.21. The van der Waals surface area contributed by atoms with Crippen molar-refractivity contribution in [2.75, 3.05) is 0 Å². The van der Waals surface area contributed by atoms with Crippen molar-refractivity contribution in [2.24, 2.45) is 0 Å². The van der Waals surface area contributed by atoms with Crippen molar-refractivity contribution in [1.82, 2.24) is 0 Å². The SMILES string of the molecule is CCCCCCC(/C=C/CC(F)(F)F)OC(=O)c1ccccc1I. The van der Waals surface area contributed by atoms with Crippen LogP contribution < -0.4 is 0 Å². The lowest BCUT2D eigenvalue weighted by Gasteiger charge is -2.15. The molecule has 1 unspecified atom stereocenters. The van der Waals surface area contributed by atoms with Gasteiger partial charge in [0.15, 0.2) is 0 Å². The van der Waals surface area contributed by atoms with Crippen LogP contribution in [-0.4, -0.2) is 18.2 Å². The number of unbranched alkanes of at least 4 members (excludes halogenated alkanes) is 3. The van der Waals surface area contributed by atoms with E-state index in [1.807, 2.05) is 28.7 Å². The molecule has 0 aliphatic rings. The fourth-order valence-electron chi connectivity index (χ4n) is 2.15. The van der Waals surface area contributed by atoms with Crippen molar-refractivity contribution < 1.29 is 22.7 Å². The second kappa shape index (κ2) is 10.7. The second-order valence-electron chi connectivity index (χ2n) is 5.52. The van der Waals surface area contributed by atoms with Gasteiger partial charge in [0.25, 0.3) is 0 Å². The molecule has 1 aromatic carbocycles. The maximum Gasteiger partial charge on any atom is 0.392 e. The molecule has 0 radical (unpaired) electrons. The number of carbonyl (C=O) groups is 1. The average molecular weight is 454 g/mol. The summed E-state index contributed by atoms with van der Waals surface area (Å²) in [6, 6.07) is 6.98. The van der Waals surface area contributed by atoms with Crippen LogP contribution in [0.5, 0.6) is 0 Å². The molecule has 1 rings (SSSR count). The molecule has 24 heavy (non-hydrogen) atoms. The molecule has 0 amide bonds. The summed E-state index contributed by atoms with van der Waals surface area (Å²) in [5, 5.41) is 0. The zero-order chi connectivity index (χ0) is 18.0. The normalized spacial score (nSPS) is 13.2. The monoisotopic (exact) mass is 454 g/mol. The minimum absolute atomic E-state index is 0.431. The first-order valence-electron chi connectivity index (χ1n) is 8.02. The molecule has 0 heterocycles. The lowest BCUT2D eigenvalue weighted by Crippen LogP contribution is -2.17. The van der Waals surface area contributed by atoms with Crippen LogP contribution in [0.3, 0.4) is 0 Å². The van der Waals surface area contributed by atoms with Gasteiger partial charge in [0.05, 0.1) is 12.0 Å². The molecule has 1 atom stereocenters. The number of esters is 1. The molecule has 0 aromatic heterocycles. The van der Waals surface area contributed by atoms with E-state index in [1.165, 1.54) is 6.08 Å². The zero-order valence-electron chi connectivity index (χ0n) is 13.6. The Balaban J connectivity index is 2.69. The van der Waals surface area contributed by atoms with Crippen LogP contribution in [0.2, 0.25) is 0 Å². The summed E-state index contributed by atoms with van der Waals surface area (Å²) in [4.78, 5) is 12.2. The van der Waals surface area contributed by atoms with Gasteiger partial charge in [-0.25, -0.2) is 4.79 Å². The minimum atomic E-state index is -4.25. The highest BCUT2D eigenvalue weighted by Gasteiger charge is 2.25. The van der Waals surface area contributed by atoms with E-state index in [4.69, 9.17) is 4.74 Å². The van der Waals surface area contributed by atoms with Crippen LogP contribution >= 0.6 is 22.6 Å². The van der Waals surface area contributed by atoms with E-state index < -0.39 is 24.7 Å². The Kier molecular flexibility index (Phi) is 9.39. The van der Waals surface area contributed by atoms with Gasteiger partial charge < -0.3 is 4.74 Å². The third-order valence-corrected chi connectivity index (χ3v) is 4.34. The van der Waals surface area contributed by atoms with E-state index >= 15 is 0 Å². The fourth-order valence-corrected chi connectivity index (χ4v) is 2.76. The van der Waals surface area contributed by atoms with Crippen LogP contribution in [0.1, 0.15) is 55.8 Å². The van der Waals surface area contributed by atoms with Crippen LogP contribution in [-0.2, 0) is 4.74 Å². The first kappa shape index (κ1) is 21.0. The van der Waals surface area contributed by atoms with E-state index in [-0.39, 0.29) is 0 Å². The summed E-state index contributed by atoms with van der Waals surface area (Å²) in [5.41, 5.74) is 0.431. The minimum Gasteiger partial charge on any atom is -0.455 e. The molecule has 134 valence electrons. The van der Waals surface area contributed by atoms with E-state index in [1.54, 1.807) is 18.2 Å². The molecule has 0 bridgehead atoms. The molecule has 0 aliphatic heterocycles. The quantitative estimate of drug-likeness (QED) is 0.190. The van der Waals surface area contributed by atoms with Gasteiger partial charge >= 0.3 is 12.1 Å². The molecular formula is C18H22F3IO2. The number of hydrogen-bond acceptors (Lipinski definition) is 2. The maximum atomic E-state index is 12.3. The molecule has 1 aromatic rings. The molecule has 0 N–H and O–H groups in total. The Morgan fingerprint density at radius 3 is 2.58 bits per heavy atom. The number of carbonyl (C=O) groups excluding carboxylic acids is 1. The second-order valence-corrected chi connectivity index (χ2v) is 6.68. The highest BCUT2D eigenvalue weighted by molar-refractivity contribution is 14.1. The third kappa shape index (κ3) is 8.70. The van der Waals surface area contributed by atoms with Gasteiger partial charge in [-0.05, 0) is 53.6 Å². The molecule has 0 saturated carbocycles. The van der Waals surface area contributed by atoms with Gasteiger partial charge in [-0.2, -0.15) is 13.2 Å². The predicted molar refractivity (Wildman–Crippen MR) is 96.9 cm³/mol. The Bertz CT molecular complexity index is 541. The molecule has 6 heteroatoms. The smallest absolute Gasteiger partial charge is 0.392 e. The number of halogens is 4. The maximum absolute atomic E-state index is 12.3. The third-order valence-electron chi connectivity index (χ3n) is 3.39. The molecular weight excluding hydrogens is 432 g/mol. The average Bonchev–Trinajstić information content (AvgIpc) is 2.50. The molecule has 0 saturated heterocycles. The standard InChI is InChI=1S/C18H22F3IO2/c1-2-3-4-5-9-14(10-8-13-18(19,20)21)24-17(23)15-11-6-7-12-16(15)22/h6-8,10-12,14H,2-5,9,13H2,1H3/b10-8+. The van der Waals surface area contributed by atoms with Gasteiger partial charge in [0.2, 0.25) is 0 Å². The van der Waals surface area contributed by atoms with Crippen molar-refractivity contribution in [2.45, 2.75) is 57.7 Å². The lowest BCUT2D eigenvalue weighted by molar-refractivity contribution is -0.125. The van der Waals surface area contributed by atoms with Gasteiger partial charge in [-0.1, -0.05) is 44.4 Å². The number of allylic oxidation sites excluding steroid dienone is 1. The van der Waals surface area contributed by atoms with Crippen LogP contribution in [0.25, 0.3) is 0 Å². The number of hydrogen-bond donors (Lipinski definition) is 0. The van der Waals surface area contributed by atoms with E-state index in [0.717, 1.165) is 35.3 Å². The number of rotatable bonds is 9. The Labute approximate surface area is 154 Å². The summed E-state index contributed by atoms with van der Waals surface area (Å²) in [7, 11) is 0. The topological polar surface area (TPSA) is 26.3 Å². The van der Waals surface area contributed by atoms with E-state index in [9.17, 15) is 18.0 Å². The predicted octanol–water partition coefficient (Wildman–Crippen LogP) is 6.30. The summed E-state index contributed by atoms with van der Waals surface area (Å²) >= 11 is 2.03. The van der Waals surface area contributed by atoms with Crippen molar-refractivity contribution in [3.8, 4) is 0 Å². The molecule has 0 aliphatic carbocycles. The largest absolute Gasteiger partial charge is 0.455 e. The Morgan fingerprint density at radius 1 is 1.25 bits per heavy atom. The Morgan fingerprint density at radius 2 is 1.96 bits per heavy atom. The van der Waals surface area contributed by atoms with Crippen molar-refractivity contribution in [3.63, 3.8) is 0 Å². The van der Waals surface area contributed by atoms with Gasteiger partial charge in [-0.3, -0.25) is 0 Å². The van der Waals surface area contributed by atoms with Crippen molar-refractivity contribution in [1.29, 1.82) is 0 Å². The molecule has 0 fully saturated rings. The van der Waals surface area contributed by atoms with Gasteiger partial charge in [-0.15, -0.1) is 0 Å². The number of benzene rings is 1. The fraction of sp³-hybridized carbons (Fsp3) is 0.500. The first-order chi connectivity index (χ1) is 11.3. The Hall–Kier alpha value is -1.05. The summed E-state index contributed by atoms with van der Waals surface area (Å²) in [5.74, 6) is -0.503. The number of alkyl halides is 3. The molecule has 2 nitrogen and oxygen atoms in total. The van der Waals surface area contributed by atoms with Crippen LogP contribution in [0.15, 0.2) is 36.4 Å².